The van der Waals surface area contributed by atoms with Crippen molar-refractivity contribution in [1.82, 2.24) is 10.0 Å². The summed E-state index contributed by atoms with van der Waals surface area (Å²) in [7, 11) is -5.89. The molecule has 0 aromatic heterocycles. The highest BCUT2D eigenvalue weighted by Crippen LogP contribution is 2.26. The van der Waals surface area contributed by atoms with Crippen molar-refractivity contribution in [2.45, 2.75) is 82.8 Å². The standard InChI is InChI=1S/C20H42N2O5SSi2/c1-10-17(22-28(24,25)15-16-29(7,8)9)19(21-20(23)26-6)18(11-2)27-30(12-3,13-4)14-5/h10-11,17-19,22H,1-2,12-16H2,3-9H3,(H,21,23)/t17-,18-,19+/m1/s1. The minimum Gasteiger partial charge on any atom is -0.453 e. The molecule has 0 spiro atoms. The van der Waals surface area contributed by atoms with Gasteiger partial charge in [0.25, 0.3) is 0 Å². The van der Waals surface area contributed by atoms with Gasteiger partial charge in [-0.1, -0.05) is 52.6 Å². The molecule has 1 amide bonds. The van der Waals surface area contributed by atoms with Gasteiger partial charge in [-0.05, 0) is 24.2 Å². The van der Waals surface area contributed by atoms with Gasteiger partial charge in [0.1, 0.15) is 0 Å². The van der Waals surface area contributed by atoms with Crippen LogP contribution in [0.5, 0.6) is 0 Å². The van der Waals surface area contributed by atoms with E-state index in [2.05, 4.69) is 63.6 Å². The van der Waals surface area contributed by atoms with Crippen molar-refractivity contribution in [3.8, 4) is 0 Å². The third kappa shape index (κ3) is 9.91. The van der Waals surface area contributed by atoms with Crippen LogP contribution in [0.3, 0.4) is 0 Å². The second-order valence-corrected chi connectivity index (χ2v) is 21.0. The highest BCUT2D eigenvalue weighted by atomic mass is 32.2. The summed E-state index contributed by atoms with van der Waals surface area (Å²) in [5.74, 6) is 0.0369. The molecule has 0 heterocycles. The summed E-state index contributed by atoms with van der Waals surface area (Å²) in [6.45, 7) is 20.4. The molecule has 0 aromatic rings. The number of methoxy groups -OCH3 is 1. The first-order valence-electron chi connectivity index (χ1n) is 10.6. The molecular formula is C20H42N2O5SSi2. The molecule has 0 fully saturated rings. The van der Waals surface area contributed by atoms with E-state index in [4.69, 9.17) is 9.16 Å². The van der Waals surface area contributed by atoms with Crippen LogP contribution in [0.25, 0.3) is 0 Å². The summed E-state index contributed by atoms with van der Waals surface area (Å²) in [6, 6.07) is 1.88. The number of ether oxygens (including phenoxy) is 1. The Labute approximate surface area is 185 Å². The quantitative estimate of drug-likeness (QED) is 0.273. The molecule has 0 aliphatic heterocycles. The summed E-state index contributed by atoms with van der Waals surface area (Å²) >= 11 is 0. The maximum Gasteiger partial charge on any atom is 0.407 e. The largest absolute Gasteiger partial charge is 0.453 e. The first kappa shape index (κ1) is 29.1. The lowest BCUT2D eigenvalue weighted by Gasteiger charge is -2.38. The number of carbonyl (C=O) groups is 1. The molecule has 0 saturated carbocycles. The number of alkyl carbamates (subject to hydrolysis) is 1. The van der Waals surface area contributed by atoms with Gasteiger partial charge in [-0.25, -0.2) is 17.9 Å². The average molecular weight is 479 g/mol. The number of nitrogens with one attached hydrogen (secondary N) is 2. The van der Waals surface area contributed by atoms with Gasteiger partial charge in [0, 0.05) is 8.07 Å². The van der Waals surface area contributed by atoms with Crippen LogP contribution >= 0.6 is 0 Å². The van der Waals surface area contributed by atoms with Gasteiger partial charge < -0.3 is 14.5 Å². The van der Waals surface area contributed by atoms with E-state index in [1.54, 1.807) is 6.08 Å². The maximum atomic E-state index is 12.7. The first-order chi connectivity index (χ1) is 13.8. The number of hydrogen-bond acceptors (Lipinski definition) is 5. The van der Waals surface area contributed by atoms with Crippen molar-refractivity contribution in [3.63, 3.8) is 0 Å². The molecule has 0 aliphatic carbocycles. The van der Waals surface area contributed by atoms with Gasteiger partial charge in [0.15, 0.2) is 8.32 Å². The van der Waals surface area contributed by atoms with E-state index in [1.807, 2.05) is 0 Å². The zero-order valence-electron chi connectivity index (χ0n) is 19.8. The highest BCUT2D eigenvalue weighted by Gasteiger charge is 2.38. The molecule has 30 heavy (non-hydrogen) atoms. The zero-order chi connectivity index (χ0) is 23.6. The topological polar surface area (TPSA) is 93.7 Å². The monoisotopic (exact) mass is 478 g/mol. The Morgan fingerprint density at radius 1 is 1.07 bits per heavy atom. The van der Waals surface area contributed by atoms with Crippen molar-refractivity contribution in [2.24, 2.45) is 0 Å². The van der Waals surface area contributed by atoms with Gasteiger partial charge in [-0.15, -0.1) is 13.2 Å². The molecular weight excluding hydrogens is 436 g/mol. The van der Waals surface area contributed by atoms with Crippen LogP contribution in [0.2, 0.25) is 43.8 Å². The Balaban J connectivity index is 5.85. The van der Waals surface area contributed by atoms with Gasteiger partial charge in [-0.3, -0.25) is 0 Å². The van der Waals surface area contributed by atoms with Crippen LogP contribution in [0.4, 0.5) is 4.79 Å². The van der Waals surface area contributed by atoms with Crippen LogP contribution in [0, 0.1) is 0 Å². The fourth-order valence-corrected chi connectivity index (χ4v) is 10.2. The van der Waals surface area contributed by atoms with Gasteiger partial charge in [-0.2, -0.15) is 0 Å². The van der Waals surface area contributed by atoms with Crippen molar-refractivity contribution in [2.75, 3.05) is 12.9 Å². The minimum atomic E-state index is -3.57. The molecule has 0 aliphatic rings. The van der Waals surface area contributed by atoms with Crippen LogP contribution in [0.15, 0.2) is 25.3 Å². The third-order valence-corrected chi connectivity index (χ3v) is 13.6. The Morgan fingerprint density at radius 3 is 1.97 bits per heavy atom. The van der Waals surface area contributed by atoms with Crippen molar-refractivity contribution in [3.05, 3.63) is 25.3 Å². The SMILES string of the molecule is C=C[C@@H](NS(=O)(=O)CC[Si](C)(C)C)[C@H](NC(=O)OC)[C@@H](C=C)O[Si](CC)(CC)CC. The molecule has 7 nitrogen and oxygen atoms in total. The lowest BCUT2D eigenvalue weighted by atomic mass is 10.0. The Bertz CT molecular complexity index is 652. The van der Waals surface area contributed by atoms with Crippen molar-refractivity contribution >= 4 is 32.5 Å². The second kappa shape index (κ2) is 12.8. The fraction of sp³-hybridized carbons (Fsp3) is 0.750. The molecule has 3 atom stereocenters. The Kier molecular flexibility index (Phi) is 12.4. The number of amides is 1. The molecule has 0 aromatic carbocycles. The molecule has 0 radical (unpaired) electrons. The number of sulfonamides is 1. The first-order valence-corrected chi connectivity index (χ1v) is 18.5. The van der Waals surface area contributed by atoms with Crippen LogP contribution < -0.4 is 10.0 Å². The van der Waals surface area contributed by atoms with E-state index in [-0.39, 0.29) is 5.75 Å². The zero-order valence-corrected chi connectivity index (χ0v) is 22.6. The van der Waals surface area contributed by atoms with E-state index in [0.717, 1.165) is 18.1 Å². The number of carbonyl (C=O) groups excluding carboxylic acids is 1. The number of rotatable bonds is 15. The highest BCUT2D eigenvalue weighted by molar-refractivity contribution is 7.89. The fourth-order valence-electron chi connectivity index (χ4n) is 3.10. The summed E-state index contributed by atoms with van der Waals surface area (Å²) in [6.07, 6.45) is 1.86. The summed E-state index contributed by atoms with van der Waals surface area (Å²) in [4.78, 5) is 12.0. The lowest BCUT2D eigenvalue weighted by Crippen LogP contribution is -2.58. The third-order valence-electron chi connectivity index (χ3n) is 5.45. The summed E-state index contributed by atoms with van der Waals surface area (Å²) in [5, 5.41) is 2.73. The van der Waals surface area contributed by atoms with E-state index >= 15 is 0 Å². The molecule has 0 saturated heterocycles. The van der Waals surface area contributed by atoms with E-state index in [0.29, 0.717) is 6.04 Å². The maximum absolute atomic E-state index is 12.7. The molecule has 0 unspecified atom stereocenters. The van der Waals surface area contributed by atoms with Crippen LogP contribution in [0.1, 0.15) is 20.8 Å². The number of hydrogen-bond donors (Lipinski definition) is 2. The summed E-state index contributed by atoms with van der Waals surface area (Å²) in [5.41, 5.74) is 0. The van der Waals surface area contributed by atoms with E-state index < -0.39 is 50.7 Å². The second-order valence-electron chi connectivity index (χ2n) is 8.73. The van der Waals surface area contributed by atoms with E-state index in [1.165, 1.54) is 13.2 Å². The van der Waals surface area contributed by atoms with E-state index in [9.17, 15) is 13.2 Å². The van der Waals surface area contributed by atoms with Gasteiger partial charge >= 0.3 is 6.09 Å². The van der Waals surface area contributed by atoms with Gasteiger partial charge in [0.05, 0.1) is 31.1 Å². The predicted molar refractivity (Wildman–Crippen MR) is 131 cm³/mol. The molecule has 0 rings (SSSR count). The Hall–Kier alpha value is -0.946. The van der Waals surface area contributed by atoms with Crippen molar-refractivity contribution < 1.29 is 22.4 Å². The predicted octanol–water partition coefficient (Wildman–Crippen LogP) is 4.10. The van der Waals surface area contributed by atoms with Gasteiger partial charge in [0.2, 0.25) is 10.0 Å². The van der Waals surface area contributed by atoms with Crippen LogP contribution in [-0.4, -0.2) is 62.0 Å². The molecule has 10 heteroatoms. The molecule has 176 valence electrons. The smallest absolute Gasteiger partial charge is 0.407 e. The lowest BCUT2D eigenvalue weighted by molar-refractivity contribution is 0.138. The minimum absolute atomic E-state index is 0.0369. The normalized spacial score (nSPS) is 15.7. The van der Waals surface area contributed by atoms with Crippen molar-refractivity contribution in [1.29, 1.82) is 0 Å². The molecule has 2 N–H and O–H groups in total. The summed E-state index contributed by atoms with van der Waals surface area (Å²) < 4.78 is 39.5. The van der Waals surface area contributed by atoms with Crippen LogP contribution in [-0.2, 0) is 19.2 Å². The molecule has 0 bridgehead atoms. The average Bonchev–Trinajstić information content (AvgIpc) is 2.70. The Morgan fingerprint density at radius 2 is 1.60 bits per heavy atom.